The molecule has 3 aromatic rings. The average molecular weight is 341 g/mol. The Kier molecular flexibility index (Phi) is 4.74. The minimum absolute atomic E-state index is 0.145. The van der Waals surface area contributed by atoms with Crippen molar-refractivity contribution in [2.75, 3.05) is 0 Å². The third-order valence-electron chi connectivity index (χ3n) is 3.63. The fraction of sp³-hybridized carbons (Fsp3) is 0.167. The van der Waals surface area contributed by atoms with Crippen LogP contribution in [0.2, 0.25) is 0 Å². The standard InChI is InChI=1S/C18H16FN3O3/c1-12(20-18(24)25-11-13-5-3-2-4-6-13)15-9-17(23)22-10-14(19)7-8-16(22)21-15/h2-10,12H,11H2,1H3,(H,20,24). The highest BCUT2D eigenvalue weighted by Crippen LogP contribution is 2.10. The molecule has 0 saturated heterocycles. The summed E-state index contributed by atoms with van der Waals surface area (Å²) in [6.07, 6.45) is 0.457. The van der Waals surface area contributed by atoms with Crippen molar-refractivity contribution >= 4 is 11.7 Å². The third-order valence-corrected chi connectivity index (χ3v) is 3.63. The Morgan fingerprint density at radius 3 is 2.80 bits per heavy atom. The van der Waals surface area contributed by atoms with Gasteiger partial charge in [-0.25, -0.2) is 14.2 Å². The Hall–Kier alpha value is -3.22. The second-order valence-corrected chi connectivity index (χ2v) is 5.52. The van der Waals surface area contributed by atoms with Crippen molar-refractivity contribution in [1.29, 1.82) is 0 Å². The molecular formula is C18H16FN3O3. The van der Waals surface area contributed by atoms with Gasteiger partial charge in [0.1, 0.15) is 18.1 Å². The molecule has 2 heterocycles. The van der Waals surface area contributed by atoms with Gasteiger partial charge in [0.25, 0.3) is 5.56 Å². The number of pyridine rings is 1. The zero-order chi connectivity index (χ0) is 17.8. The zero-order valence-electron chi connectivity index (χ0n) is 13.5. The quantitative estimate of drug-likeness (QED) is 0.792. The van der Waals surface area contributed by atoms with Gasteiger partial charge in [0, 0.05) is 12.3 Å². The summed E-state index contributed by atoms with van der Waals surface area (Å²) >= 11 is 0. The van der Waals surface area contributed by atoms with Crippen molar-refractivity contribution < 1.29 is 13.9 Å². The van der Waals surface area contributed by atoms with Crippen molar-refractivity contribution in [3.05, 3.63) is 82.2 Å². The second kappa shape index (κ2) is 7.12. The molecule has 7 heteroatoms. The van der Waals surface area contributed by atoms with Gasteiger partial charge >= 0.3 is 6.09 Å². The number of amides is 1. The molecule has 0 bridgehead atoms. The lowest BCUT2D eigenvalue weighted by atomic mass is 10.2. The summed E-state index contributed by atoms with van der Waals surface area (Å²) < 4.78 is 19.5. The number of nitrogens with one attached hydrogen (secondary N) is 1. The van der Waals surface area contributed by atoms with E-state index in [4.69, 9.17) is 4.74 Å². The zero-order valence-corrected chi connectivity index (χ0v) is 13.5. The highest BCUT2D eigenvalue weighted by atomic mass is 19.1. The first-order chi connectivity index (χ1) is 12.0. The van der Waals surface area contributed by atoms with Crippen LogP contribution in [0.15, 0.2) is 59.5 Å². The molecule has 0 aliphatic carbocycles. The van der Waals surface area contributed by atoms with E-state index in [2.05, 4.69) is 10.3 Å². The van der Waals surface area contributed by atoms with Crippen molar-refractivity contribution in [3.63, 3.8) is 0 Å². The van der Waals surface area contributed by atoms with Gasteiger partial charge in [-0.15, -0.1) is 0 Å². The number of fused-ring (bicyclic) bond motifs is 1. The minimum atomic E-state index is -0.613. The van der Waals surface area contributed by atoms with Crippen molar-refractivity contribution in [3.8, 4) is 0 Å². The number of alkyl carbamates (subject to hydrolysis) is 1. The lowest BCUT2D eigenvalue weighted by Crippen LogP contribution is -2.29. The summed E-state index contributed by atoms with van der Waals surface area (Å²) in [6.45, 7) is 1.83. The molecule has 0 aliphatic heterocycles. The van der Waals surface area contributed by atoms with E-state index in [-0.39, 0.29) is 6.61 Å². The third kappa shape index (κ3) is 4.00. The SMILES string of the molecule is CC(NC(=O)OCc1ccccc1)c1cc(=O)n2cc(F)ccc2n1. The number of rotatable bonds is 4. The number of ether oxygens (including phenoxy) is 1. The Labute approximate surface area is 142 Å². The summed E-state index contributed by atoms with van der Waals surface area (Å²) in [5.41, 5.74) is 1.11. The number of halogens is 1. The average Bonchev–Trinajstić information content (AvgIpc) is 2.61. The normalized spacial score (nSPS) is 11.9. The van der Waals surface area contributed by atoms with Gasteiger partial charge in [0.05, 0.1) is 11.7 Å². The van der Waals surface area contributed by atoms with E-state index in [1.165, 1.54) is 18.2 Å². The van der Waals surface area contributed by atoms with Gasteiger partial charge in [0.2, 0.25) is 0 Å². The molecule has 0 spiro atoms. The molecule has 0 radical (unpaired) electrons. The summed E-state index contributed by atoms with van der Waals surface area (Å²) in [6, 6.07) is 12.6. The van der Waals surface area contributed by atoms with E-state index in [9.17, 15) is 14.0 Å². The predicted molar refractivity (Wildman–Crippen MR) is 89.6 cm³/mol. The fourth-order valence-electron chi connectivity index (χ4n) is 2.33. The first-order valence-electron chi connectivity index (χ1n) is 7.69. The van der Waals surface area contributed by atoms with Crippen molar-refractivity contribution in [1.82, 2.24) is 14.7 Å². The Bertz CT molecular complexity index is 957. The first-order valence-corrected chi connectivity index (χ1v) is 7.69. The van der Waals surface area contributed by atoms with Gasteiger partial charge in [-0.05, 0) is 24.6 Å². The Morgan fingerprint density at radius 1 is 1.28 bits per heavy atom. The molecule has 25 heavy (non-hydrogen) atoms. The topological polar surface area (TPSA) is 72.7 Å². The number of hydrogen-bond acceptors (Lipinski definition) is 4. The van der Waals surface area contributed by atoms with Crippen LogP contribution in [-0.4, -0.2) is 15.5 Å². The van der Waals surface area contributed by atoms with Crippen LogP contribution in [0.3, 0.4) is 0 Å². The van der Waals surface area contributed by atoms with E-state index in [0.29, 0.717) is 11.3 Å². The summed E-state index contributed by atoms with van der Waals surface area (Å²) in [7, 11) is 0. The van der Waals surface area contributed by atoms with Crippen LogP contribution in [0.1, 0.15) is 24.2 Å². The molecule has 1 atom stereocenters. The fourth-order valence-corrected chi connectivity index (χ4v) is 2.33. The molecule has 0 fully saturated rings. The van der Waals surface area contributed by atoms with Crippen LogP contribution in [0.25, 0.3) is 5.65 Å². The van der Waals surface area contributed by atoms with E-state index >= 15 is 0 Å². The molecule has 128 valence electrons. The predicted octanol–water partition coefficient (Wildman–Crippen LogP) is 2.82. The highest BCUT2D eigenvalue weighted by molar-refractivity contribution is 5.67. The van der Waals surface area contributed by atoms with Crippen LogP contribution in [0, 0.1) is 5.82 Å². The van der Waals surface area contributed by atoms with Gasteiger partial charge in [-0.1, -0.05) is 30.3 Å². The highest BCUT2D eigenvalue weighted by Gasteiger charge is 2.14. The largest absolute Gasteiger partial charge is 0.445 e. The molecule has 0 aliphatic rings. The molecule has 1 amide bonds. The molecule has 1 aromatic carbocycles. The van der Waals surface area contributed by atoms with Crippen molar-refractivity contribution in [2.45, 2.75) is 19.6 Å². The molecule has 6 nitrogen and oxygen atoms in total. The minimum Gasteiger partial charge on any atom is -0.445 e. The van der Waals surface area contributed by atoms with Crippen LogP contribution < -0.4 is 10.9 Å². The summed E-state index contributed by atoms with van der Waals surface area (Å²) in [5, 5.41) is 2.62. The smallest absolute Gasteiger partial charge is 0.407 e. The van der Waals surface area contributed by atoms with Crippen LogP contribution in [-0.2, 0) is 11.3 Å². The number of hydrogen-bond donors (Lipinski definition) is 1. The summed E-state index contributed by atoms with van der Waals surface area (Å²) in [4.78, 5) is 28.2. The maximum Gasteiger partial charge on any atom is 0.407 e. The number of carbonyl (C=O) groups excluding carboxylic acids is 1. The maximum absolute atomic E-state index is 13.2. The lowest BCUT2D eigenvalue weighted by molar-refractivity contribution is 0.136. The monoisotopic (exact) mass is 341 g/mol. The van der Waals surface area contributed by atoms with Gasteiger partial charge in [-0.3, -0.25) is 9.20 Å². The van der Waals surface area contributed by atoms with Gasteiger partial charge < -0.3 is 10.1 Å². The lowest BCUT2D eigenvalue weighted by Gasteiger charge is -2.14. The van der Waals surface area contributed by atoms with E-state index < -0.39 is 23.5 Å². The van der Waals surface area contributed by atoms with Crippen LogP contribution in [0.4, 0.5) is 9.18 Å². The maximum atomic E-state index is 13.2. The number of nitrogens with zero attached hydrogens (tertiary/aromatic N) is 2. The van der Waals surface area contributed by atoms with Crippen molar-refractivity contribution in [2.24, 2.45) is 0 Å². The van der Waals surface area contributed by atoms with Crippen LogP contribution in [0.5, 0.6) is 0 Å². The van der Waals surface area contributed by atoms with Crippen LogP contribution >= 0.6 is 0 Å². The Balaban J connectivity index is 1.69. The van der Waals surface area contributed by atoms with E-state index in [1.54, 1.807) is 6.92 Å². The number of carbonyl (C=O) groups is 1. The first kappa shape index (κ1) is 16.6. The van der Waals surface area contributed by atoms with E-state index in [1.807, 2.05) is 30.3 Å². The molecular weight excluding hydrogens is 325 g/mol. The molecule has 0 saturated carbocycles. The number of aromatic nitrogens is 2. The summed E-state index contributed by atoms with van der Waals surface area (Å²) in [5.74, 6) is -0.528. The van der Waals surface area contributed by atoms with Gasteiger partial charge in [0.15, 0.2) is 0 Å². The second-order valence-electron chi connectivity index (χ2n) is 5.52. The van der Waals surface area contributed by atoms with Gasteiger partial charge in [-0.2, -0.15) is 0 Å². The molecule has 1 N–H and O–H groups in total. The number of benzene rings is 1. The van der Waals surface area contributed by atoms with E-state index in [0.717, 1.165) is 16.2 Å². The molecule has 1 unspecified atom stereocenters. The Morgan fingerprint density at radius 2 is 2.04 bits per heavy atom. The molecule has 3 rings (SSSR count). The molecule has 2 aromatic heterocycles.